The highest BCUT2D eigenvalue weighted by Crippen LogP contribution is 2.30. The number of hydrogen-bond acceptors (Lipinski definition) is 6. The minimum Gasteiger partial charge on any atom is -0.352 e. The first-order valence-corrected chi connectivity index (χ1v) is 10.5. The molecule has 1 aliphatic rings. The molecule has 0 saturated carbocycles. The van der Waals surface area contributed by atoms with Crippen molar-refractivity contribution in [3.05, 3.63) is 78.1 Å². The number of nitrogens with zero attached hydrogens (tertiary/aromatic N) is 7. The number of aryl methyl sites for hydroxylation is 1. The maximum Gasteiger partial charge on any atom is 0.183 e. The molecule has 7 nitrogen and oxygen atoms in total. The molecule has 152 valence electrons. The molecule has 4 aromatic rings. The summed E-state index contributed by atoms with van der Waals surface area (Å²) in [6.45, 7) is 6.46. The Kier molecular flexibility index (Phi) is 5.11. The van der Waals surface area contributed by atoms with E-state index in [1.165, 1.54) is 11.1 Å². The Morgan fingerprint density at radius 2 is 1.47 bits per heavy atom. The molecule has 3 heterocycles. The van der Waals surface area contributed by atoms with Gasteiger partial charge in [-0.15, -0.1) is 5.10 Å². The van der Waals surface area contributed by atoms with E-state index in [1.54, 1.807) is 6.33 Å². The standard InChI is InChI=1S/C23H25N7/c1-2-30-23-20(26-27-30)22(24-17-25-23)29-15-13-28(14-16-29)21(18-9-5-3-6-10-18)19-11-7-4-8-12-19/h3-12,17,21H,2,13-16H2,1H3. The van der Waals surface area contributed by atoms with Gasteiger partial charge in [-0.3, -0.25) is 4.90 Å². The maximum absolute atomic E-state index is 4.54. The van der Waals surface area contributed by atoms with Crippen molar-refractivity contribution in [3.8, 4) is 0 Å². The van der Waals surface area contributed by atoms with E-state index in [2.05, 4.69) is 90.7 Å². The van der Waals surface area contributed by atoms with Crippen LogP contribution >= 0.6 is 0 Å². The van der Waals surface area contributed by atoms with E-state index in [4.69, 9.17) is 0 Å². The monoisotopic (exact) mass is 399 g/mol. The third kappa shape index (κ3) is 3.41. The van der Waals surface area contributed by atoms with Gasteiger partial charge in [0.2, 0.25) is 0 Å². The van der Waals surface area contributed by atoms with Gasteiger partial charge in [-0.1, -0.05) is 65.9 Å². The second-order valence-electron chi connectivity index (χ2n) is 7.52. The first kappa shape index (κ1) is 18.7. The summed E-state index contributed by atoms with van der Waals surface area (Å²) in [5.74, 6) is 0.885. The summed E-state index contributed by atoms with van der Waals surface area (Å²) in [5.41, 5.74) is 4.24. The molecule has 0 amide bonds. The van der Waals surface area contributed by atoms with Crippen molar-refractivity contribution >= 4 is 17.0 Å². The number of fused-ring (bicyclic) bond motifs is 1. The number of benzene rings is 2. The van der Waals surface area contributed by atoms with E-state index in [0.717, 1.165) is 49.7 Å². The summed E-state index contributed by atoms with van der Waals surface area (Å²) < 4.78 is 1.82. The van der Waals surface area contributed by atoms with Crippen LogP contribution in [0, 0.1) is 0 Å². The summed E-state index contributed by atoms with van der Waals surface area (Å²) in [7, 11) is 0. The van der Waals surface area contributed by atoms with Gasteiger partial charge in [-0.2, -0.15) is 0 Å². The highest BCUT2D eigenvalue weighted by molar-refractivity contribution is 5.82. The highest BCUT2D eigenvalue weighted by atomic mass is 15.4. The van der Waals surface area contributed by atoms with E-state index in [0.29, 0.717) is 0 Å². The number of rotatable bonds is 5. The second-order valence-corrected chi connectivity index (χ2v) is 7.52. The lowest BCUT2D eigenvalue weighted by Gasteiger charge is -2.40. The molecule has 0 aliphatic carbocycles. The molecule has 1 fully saturated rings. The van der Waals surface area contributed by atoms with E-state index in [1.807, 2.05) is 11.6 Å². The molecule has 1 aliphatic heterocycles. The van der Waals surface area contributed by atoms with Gasteiger partial charge in [0.25, 0.3) is 0 Å². The number of hydrogen-bond donors (Lipinski definition) is 0. The summed E-state index contributed by atoms with van der Waals surface area (Å²) in [4.78, 5) is 13.8. The lowest BCUT2D eigenvalue weighted by Crippen LogP contribution is -2.48. The molecule has 0 spiro atoms. The van der Waals surface area contributed by atoms with Crippen LogP contribution in [0.4, 0.5) is 5.82 Å². The summed E-state index contributed by atoms with van der Waals surface area (Å²) >= 11 is 0. The molecule has 0 unspecified atom stereocenters. The van der Waals surface area contributed by atoms with Crippen molar-refractivity contribution in [2.75, 3.05) is 31.1 Å². The predicted octanol–water partition coefficient (Wildman–Crippen LogP) is 3.15. The third-order valence-corrected chi connectivity index (χ3v) is 5.79. The Labute approximate surface area is 176 Å². The quantitative estimate of drug-likeness (QED) is 0.514. The zero-order valence-electron chi connectivity index (χ0n) is 17.1. The van der Waals surface area contributed by atoms with Gasteiger partial charge >= 0.3 is 0 Å². The lowest BCUT2D eigenvalue weighted by atomic mass is 9.96. The van der Waals surface area contributed by atoms with Crippen LogP contribution in [0.5, 0.6) is 0 Å². The smallest absolute Gasteiger partial charge is 0.183 e. The van der Waals surface area contributed by atoms with Gasteiger partial charge in [0.1, 0.15) is 6.33 Å². The van der Waals surface area contributed by atoms with Crippen LogP contribution in [-0.4, -0.2) is 56.0 Å². The van der Waals surface area contributed by atoms with Gasteiger partial charge in [0, 0.05) is 32.7 Å². The van der Waals surface area contributed by atoms with Crippen molar-refractivity contribution in [2.24, 2.45) is 0 Å². The molecule has 0 radical (unpaired) electrons. The van der Waals surface area contributed by atoms with Crippen molar-refractivity contribution < 1.29 is 0 Å². The van der Waals surface area contributed by atoms with Crippen LogP contribution < -0.4 is 4.90 Å². The Bertz CT molecular complexity index is 1060. The molecule has 0 bridgehead atoms. The highest BCUT2D eigenvalue weighted by Gasteiger charge is 2.28. The molecule has 1 saturated heterocycles. The van der Waals surface area contributed by atoms with Crippen LogP contribution in [0.2, 0.25) is 0 Å². The van der Waals surface area contributed by atoms with Crippen molar-refractivity contribution in [2.45, 2.75) is 19.5 Å². The average molecular weight is 400 g/mol. The SMILES string of the molecule is CCn1nnc2c(N3CCN(C(c4ccccc4)c4ccccc4)CC3)ncnc21. The zero-order valence-corrected chi connectivity index (χ0v) is 17.1. The second kappa shape index (κ2) is 8.20. The number of aromatic nitrogens is 5. The van der Waals surface area contributed by atoms with Crippen LogP contribution in [0.3, 0.4) is 0 Å². The number of piperazine rings is 1. The van der Waals surface area contributed by atoms with E-state index in [-0.39, 0.29) is 6.04 Å². The van der Waals surface area contributed by atoms with Gasteiger partial charge in [-0.05, 0) is 18.1 Å². The Morgan fingerprint density at radius 1 is 0.833 bits per heavy atom. The number of anilines is 1. The zero-order chi connectivity index (χ0) is 20.3. The fourth-order valence-electron chi connectivity index (χ4n) is 4.30. The minimum absolute atomic E-state index is 0.251. The van der Waals surface area contributed by atoms with Gasteiger partial charge in [0.05, 0.1) is 6.04 Å². The Balaban J connectivity index is 1.40. The third-order valence-electron chi connectivity index (χ3n) is 5.79. The van der Waals surface area contributed by atoms with Crippen molar-refractivity contribution in [3.63, 3.8) is 0 Å². The van der Waals surface area contributed by atoms with Crippen LogP contribution in [0.25, 0.3) is 11.2 Å². The molecule has 0 atom stereocenters. The largest absolute Gasteiger partial charge is 0.352 e. The molecule has 30 heavy (non-hydrogen) atoms. The molecular formula is C23H25N7. The molecular weight excluding hydrogens is 374 g/mol. The van der Waals surface area contributed by atoms with E-state index in [9.17, 15) is 0 Å². The Morgan fingerprint density at radius 3 is 2.07 bits per heavy atom. The maximum atomic E-state index is 4.54. The summed E-state index contributed by atoms with van der Waals surface area (Å²) in [5, 5.41) is 8.57. The summed E-state index contributed by atoms with van der Waals surface area (Å²) in [6, 6.07) is 21.8. The van der Waals surface area contributed by atoms with Crippen LogP contribution in [0.1, 0.15) is 24.1 Å². The Hall–Kier alpha value is -3.32. The minimum atomic E-state index is 0.251. The van der Waals surface area contributed by atoms with Crippen molar-refractivity contribution in [1.82, 2.24) is 29.9 Å². The fourth-order valence-corrected chi connectivity index (χ4v) is 4.30. The molecule has 2 aromatic heterocycles. The first-order chi connectivity index (χ1) is 14.8. The van der Waals surface area contributed by atoms with Gasteiger partial charge in [0.15, 0.2) is 17.0 Å². The molecule has 2 aromatic carbocycles. The van der Waals surface area contributed by atoms with Crippen LogP contribution in [-0.2, 0) is 6.54 Å². The lowest BCUT2D eigenvalue weighted by molar-refractivity contribution is 0.212. The molecule has 5 rings (SSSR count). The fraction of sp³-hybridized carbons (Fsp3) is 0.304. The first-order valence-electron chi connectivity index (χ1n) is 10.5. The van der Waals surface area contributed by atoms with Crippen LogP contribution in [0.15, 0.2) is 67.0 Å². The predicted molar refractivity (Wildman–Crippen MR) is 117 cm³/mol. The topological polar surface area (TPSA) is 63.0 Å². The van der Waals surface area contributed by atoms with Gasteiger partial charge < -0.3 is 4.90 Å². The van der Waals surface area contributed by atoms with Crippen molar-refractivity contribution in [1.29, 1.82) is 0 Å². The molecule has 0 N–H and O–H groups in total. The molecule has 7 heteroatoms. The summed E-state index contributed by atoms with van der Waals surface area (Å²) in [6.07, 6.45) is 1.62. The van der Waals surface area contributed by atoms with Gasteiger partial charge in [-0.25, -0.2) is 14.6 Å². The van der Waals surface area contributed by atoms with E-state index >= 15 is 0 Å². The average Bonchev–Trinajstić information content (AvgIpc) is 3.25. The van der Waals surface area contributed by atoms with E-state index < -0.39 is 0 Å². The normalized spacial score (nSPS) is 15.2.